The van der Waals surface area contributed by atoms with E-state index in [9.17, 15) is 0 Å². The van der Waals surface area contributed by atoms with Gasteiger partial charge in [0.1, 0.15) is 5.52 Å². The fourth-order valence-corrected chi connectivity index (χ4v) is 2.14. The van der Waals surface area contributed by atoms with Crippen molar-refractivity contribution in [2.24, 2.45) is 0 Å². The number of hydrogen-bond acceptors (Lipinski definition) is 3. The summed E-state index contributed by atoms with van der Waals surface area (Å²) in [5.74, 6) is 0.692. The van der Waals surface area contributed by atoms with Gasteiger partial charge in [-0.15, -0.1) is 0 Å². The molecule has 4 nitrogen and oxygen atoms in total. The molecule has 4 aromatic rings. The van der Waals surface area contributed by atoms with E-state index >= 15 is 0 Å². The van der Waals surface area contributed by atoms with Crippen molar-refractivity contribution in [2.75, 3.05) is 0 Å². The van der Waals surface area contributed by atoms with Crippen molar-refractivity contribution in [1.82, 2.24) is 19.4 Å². The monoisotopic (exact) mass is 220 g/mol. The number of nitrogens with zero attached hydrogens (tertiary/aromatic N) is 4. The van der Waals surface area contributed by atoms with Crippen LogP contribution in [0.2, 0.25) is 0 Å². The summed E-state index contributed by atoms with van der Waals surface area (Å²) in [7, 11) is 0. The normalized spacial score (nSPS) is 11.5. The van der Waals surface area contributed by atoms with Gasteiger partial charge in [-0.3, -0.25) is 4.40 Å². The van der Waals surface area contributed by atoms with Gasteiger partial charge in [-0.05, 0) is 18.2 Å². The predicted octanol–water partition coefficient (Wildman–Crippen LogP) is 2.43. The number of hydrogen-bond donors (Lipinski definition) is 0. The van der Waals surface area contributed by atoms with E-state index in [0.29, 0.717) is 5.78 Å². The van der Waals surface area contributed by atoms with Gasteiger partial charge in [-0.1, -0.05) is 18.2 Å². The van der Waals surface area contributed by atoms with Crippen molar-refractivity contribution >= 4 is 27.8 Å². The number of fused-ring (bicyclic) bond motifs is 5. The molecule has 0 aliphatic carbocycles. The average Bonchev–Trinajstić information content (AvgIpc) is 2.77. The number of aromatic nitrogens is 4. The molecule has 80 valence electrons. The summed E-state index contributed by atoms with van der Waals surface area (Å²) in [5.41, 5.74) is 2.81. The second-order valence-electron chi connectivity index (χ2n) is 3.91. The van der Waals surface area contributed by atoms with E-state index in [0.717, 1.165) is 22.1 Å². The standard InChI is InChI=1S/C13H8N4/c1-2-6-11-9(4-1)8-15-13-16-10-5-3-7-14-12(10)17(11)13/h1-8H. The van der Waals surface area contributed by atoms with Gasteiger partial charge in [0, 0.05) is 17.8 Å². The molecule has 1 aromatic carbocycles. The topological polar surface area (TPSA) is 43.1 Å². The number of pyridine rings is 1. The highest BCUT2D eigenvalue weighted by molar-refractivity contribution is 5.86. The van der Waals surface area contributed by atoms with E-state index < -0.39 is 0 Å². The smallest absolute Gasteiger partial charge is 0.236 e. The zero-order chi connectivity index (χ0) is 11.2. The van der Waals surface area contributed by atoms with Crippen LogP contribution in [0.15, 0.2) is 48.8 Å². The summed E-state index contributed by atoms with van der Waals surface area (Å²) in [5, 5.41) is 1.09. The average molecular weight is 220 g/mol. The van der Waals surface area contributed by atoms with E-state index in [1.807, 2.05) is 40.9 Å². The van der Waals surface area contributed by atoms with Crippen molar-refractivity contribution < 1.29 is 0 Å². The lowest BCUT2D eigenvalue weighted by Crippen LogP contribution is -1.91. The molecule has 3 heterocycles. The van der Waals surface area contributed by atoms with Crippen molar-refractivity contribution in [3.63, 3.8) is 0 Å². The van der Waals surface area contributed by atoms with Gasteiger partial charge in [0.05, 0.1) is 5.52 Å². The zero-order valence-electron chi connectivity index (χ0n) is 8.91. The SMILES string of the molecule is c1ccc2c(c1)cnc1nc3cccnc3n12. The molecule has 0 N–H and O–H groups in total. The molecular formula is C13H8N4. The van der Waals surface area contributed by atoms with Gasteiger partial charge in [0.25, 0.3) is 0 Å². The highest BCUT2D eigenvalue weighted by atomic mass is 15.1. The van der Waals surface area contributed by atoms with E-state index in [-0.39, 0.29) is 0 Å². The summed E-state index contributed by atoms with van der Waals surface area (Å²) in [6.45, 7) is 0. The lowest BCUT2D eigenvalue weighted by atomic mass is 10.2. The number of rotatable bonds is 0. The molecule has 0 aliphatic rings. The maximum Gasteiger partial charge on any atom is 0.236 e. The van der Waals surface area contributed by atoms with Gasteiger partial charge < -0.3 is 0 Å². The van der Waals surface area contributed by atoms with Crippen LogP contribution in [0.3, 0.4) is 0 Å². The first-order chi connectivity index (χ1) is 8.43. The Morgan fingerprint density at radius 3 is 2.88 bits per heavy atom. The van der Waals surface area contributed by atoms with Crippen LogP contribution in [0, 0.1) is 0 Å². The molecule has 0 spiro atoms. The maximum absolute atomic E-state index is 4.45. The molecule has 0 saturated heterocycles. The summed E-state index contributed by atoms with van der Waals surface area (Å²) >= 11 is 0. The van der Waals surface area contributed by atoms with Gasteiger partial charge >= 0.3 is 0 Å². The Labute approximate surface area is 96.6 Å². The third-order valence-electron chi connectivity index (χ3n) is 2.90. The molecule has 0 saturated carbocycles. The lowest BCUT2D eigenvalue weighted by Gasteiger charge is -2.00. The van der Waals surface area contributed by atoms with Crippen molar-refractivity contribution in [3.8, 4) is 0 Å². The highest BCUT2D eigenvalue weighted by Gasteiger charge is 2.08. The summed E-state index contributed by atoms with van der Waals surface area (Å²) in [6.07, 6.45) is 3.62. The van der Waals surface area contributed by atoms with E-state index in [4.69, 9.17) is 0 Å². The third kappa shape index (κ3) is 1.09. The van der Waals surface area contributed by atoms with Crippen LogP contribution in [0.5, 0.6) is 0 Å². The minimum atomic E-state index is 0.692. The third-order valence-corrected chi connectivity index (χ3v) is 2.90. The molecule has 4 rings (SSSR count). The Kier molecular flexibility index (Phi) is 1.53. The fraction of sp³-hybridized carbons (Fsp3) is 0. The first-order valence-electron chi connectivity index (χ1n) is 5.40. The van der Waals surface area contributed by atoms with Crippen LogP contribution in [-0.2, 0) is 0 Å². The van der Waals surface area contributed by atoms with Crippen molar-refractivity contribution in [2.45, 2.75) is 0 Å². The van der Waals surface area contributed by atoms with Crippen molar-refractivity contribution in [1.29, 1.82) is 0 Å². The summed E-state index contributed by atoms with van der Waals surface area (Å²) in [4.78, 5) is 13.2. The Balaban J connectivity index is 2.38. The van der Waals surface area contributed by atoms with Crippen LogP contribution in [0.4, 0.5) is 0 Å². The van der Waals surface area contributed by atoms with Gasteiger partial charge in [-0.25, -0.2) is 15.0 Å². The van der Waals surface area contributed by atoms with Gasteiger partial charge in [0.2, 0.25) is 5.78 Å². The number of imidazole rings is 1. The first-order valence-corrected chi connectivity index (χ1v) is 5.40. The Morgan fingerprint density at radius 1 is 0.941 bits per heavy atom. The Morgan fingerprint density at radius 2 is 1.88 bits per heavy atom. The van der Waals surface area contributed by atoms with E-state index in [1.54, 1.807) is 6.20 Å². The Hall–Kier alpha value is -2.49. The molecule has 0 bridgehead atoms. The molecule has 0 unspecified atom stereocenters. The van der Waals surface area contributed by atoms with Crippen LogP contribution in [-0.4, -0.2) is 19.4 Å². The minimum Gasteiger partial charge on any atom is -0.260 e. The fourth-order valence-electron chi connectivity index (χ4n) is 2.14. The van der Waals surface area contributed by atoms with Gasteiger partial charge in [-0.2, -0.15) is 0 Å². The van der Waals surface area contributed by atoms with E-state index in [1.165, 1.54) is 0 Å². The largest absolute Gasteiger partial charge is 0.260 e. The summed E-state index contributed by atoms with van der Waals surface area (Å²) < 4.78 is 1.99. The molecule has 17 heavy (non-hydrogen) atoms. The van der Waals surface area contributed by atoms with Crippen LogP contribution >= 0.6 is 0 Å². The molecule has 0 radical (unpaired) electrons. The van der Waals surface area contributed by atoms with Crippen molar-refractivity contribution in [3.05, 3.63) is 48.8 Å². The van der Waals surface area contributed by atoms with E-state index in [2.05, 4.69) is 21.0 Å². The minimum absolute atomic E-state index is 0.692. The molecule has 3 aromatic heterocycles. The van der Waals surface area contributed by atoms with Gasteiger partial charge in [0.15, 0.2) is 5.65 Å². The highest BCUT2D eigenvalue weighted by Crippen LogP contribution is 2.19. The quantitative estimate of drug-likeness (QED) is 0.457. The number of para-hydroxylation sites is 1. The second-order valence-corrected chi connectivity index (χ2v) is 3.91. The number of benzene rings is 1. The summed E-state index contributed by atoms with van der Waals surface area (Å²) in [6, 6.07) is 11.9. The molecule has 0 aliphatic heterocycles. The molecular weight excluding hydrogens is 212 g/mol. The zero-order valence-corrected chi connectivity index (χ0v) is 8.91. The molecule has 4 heteroatoms. The second kappa shape index (κ2) is 3.01. The Bertz CT molecular complexity index is 842. The lowest BCUT2D eigenvalue weighted by molar-refractivity contribution is 1.17. The predicted molar refractivity (Wildman–Crippen MR) is 65.8 cm³/mol. The maximum atomic E-state index is 4.45. The molecule has 0 fully saturated rings. The molecule has 0 atom stereocenters. The molecule has 0 amide bonds. The van der Waals surface area contributed by atoms with Crippen LogP contribution in [0.1, 0.15) is 0 Å². The first kappa shape index (κ1) is 8.64. The van der Waals surface area contributed by atoms with Crippen LogP contribution < -0.4 is 0 Å². The van der Waals surface area contributed by atoms with Crippen LogP contribution in [0.25, 0.3) is 27.8 Å².